The summed E-state index contributed by atoms with van der Waals surface area (Å²) < 4.78 is 7.43. The lowest BCUT2D eigenvalue weighted by atomic mass is 9.88. The van der Waals surface area contributed by atoms with E-state index < -0.39 is 0 Å². The fourth-order valence-electron chi connectivity index (χ4n) is 3.52. The maximum absolute atomic E-state index is 5.58. The van der Waals surface area contributed by atoms with E-state index in [4.69, 9.17) is 4.74 Å². The molecule has 2 unspecified atom stereocenters. The van der Waals surface area contributed by atoms with Gasteiger partial charge in [-0.05, 0) is 31.9 Å². The van der Waals surface area contributed by atoms with Crippen LogP contribution in [0.4, 0.5) is 0 Å². The van der Waals surface area contributed by atoms with Crippen molar-refractivity contribution in [3.8, 4) is 5.88 Å². The van der Waals surface area contributed by atoms with Crippen LogP contribution < -0.4 is 10.1 Å². The van der Waals surface area contributed by atoms with Crippen molar-refractivity contribution in [3.63, 3.8) is 0 Å². The first kappa shape index (κ1) is 14.1. The second-order valence-corrected chi connectivity index (χ2v) is 5.78. The zero-order valence-electron chi connectivity index (χ0n) is 13.0. The van der Waals surface area contributed by atoms with Crippen molar-refractivity contribution < 1.29 is 4.74 Å². The minimum Gasteiger partial charge on any atom is -0.481 e. The van der Waals surface area contributed by atoms with Gasteiger partial charge in [-0.15, -0.1) is 0 Å². The lowest BCUT2D eigenvalue weighted by Crippen LogP contribution is -2.28. The number of nitrogens with one attached hydrogen (secondary N) is 1. The first-order valence-electron chi connectivity index (χ1n) is 7.55. The number of hydrogen-bond acceptors (Lipinski definition) is 3. The topological polar surface area (TPSA) is 39.1 Å². The van der Waals surface area contributed by atoms with Gasteiger partial charge < -0.3 is 10.1 Å². The van der Waals surface area contributed by atoms with Crippen LogP contribution in [0.25, 0.3) is 0 Å². The molecule has 1 saturated heterocycles. The number of aryl methyl sites for hydroxylation is 2. The largest absolute Gasteiger partial charge is 0.481 e. The molecule has 1 N–H and O–H groups in total. The molecule has 0 radical (unpaired) electrons. The van der Waals surface area contributed by atoms with Gasteiger partial charge in [-0.3, -0.25) is 0 Å². The molecule has 1 aromatic carbocycles. The summed E-state index contributed by atoms with van der Waals surface area (Å²) in [7, 11) is 3.68. The molecule has 21 heavy (non-hydrogen) atoms. The predicted molar refractivity (Wildman–Crippen MR) is 83.8 cm³/mol. The zero-order chi connectivity index (χ0) is 14.8. The van der Waals surface area contributed by atoms with Gasteiger partial charge in [0.2, 0.25) is 5.88 Å². The van der Waals surface area contributed by atoms with Crippen LogP contribution in [0.15, 0.2) is 30.3 Å². The molecule has 2 atom stereocenters. The van der Waals surface area contributed by atoms with Crippen molar-refractivity contribution in [2.75, 3.05) is 13.7 Å². The third kappa shape index (κ3) is 2.68. The number of benzene rings is 1. The SMILES string of the molecule is COc1c(C2CCNC2Cc2ccccc2)c(C)nn1C. The molecule has 0 bridgehead atoms. The van der Waals surface area contributed by atoms with Crippen LogP contribution >= 0.6 is 0 Å². The molecule has 4 heteroatoms. The zero-order valence-corrected chi connectivity index (χ0v) is 13.0. The standard InChI is InChI=1S/C17H23N3O/c1-12-16(17(21-3)20(2)19-12)14-9-10-18-15(14)11-13-7-5-4-6-8-13/h4-8,14-15,18H,9-11H2,1-3H3. The maximum Gasteiger partial charge on any atom is 0.215 e. The highest BCUT2D eigenvalue weighted by atomic mass is 16.5. The van der Waals surface area contributed by atoms with Crippen molar-refractivity contribution in [1.82, 2.24) is 15.1 Å². The third-order valence-electron chi connectivity index (χ3n) is 4.42. The normalized spacial score (nSPS) is 21.7. The Morgan fingerprint density at radius 1 is 1.33 bits per heavy atom. The summed E-state index contributed by atoms with van der Waals surface area (Å²) in [5.41, 5.74) is 3.73. The molecule has 1 aliphatic heterocycles. The van der Waals surface area contributed by atoms with Gasteiger partial charge in [0, 0.05) is 24.6 Å². The van der Waals surface area contributed by atoms with Gasteiger partial charge in [0.1, 0.15) is 0 Å². The van der Waals surface area contributed by atoms with E-state index in [-0.39, 0.29) is 0 Å². The van der Waals surface area contributed by atoms with Crippen LogP contribution in [-0.2, 0) is 13.5 Å². The van der Waals surface area contributed by atoms with E-state index in [1.165, 1.54) is 11.1 Å². The molecule has 3 rings (SSSR count). The van der Waals surface area contributed by atoms with Crippen molar-refractivity contribution in [2.24, 2.45) is 7.05 Å². The van der Waals surface area contributed by atoms with Crippen LogP contribution in [0.2, 0.25) is 0 Å². The molecule has 1 aromatic heterocycles. The number of hydrogen-bond donors (Lipinski definition) is 1. The molecule has 2 aromatic rings. The third-order valence-corrected chi connectivity index (χ3v) is 4.42. The smallest absolute Gasteiger partial charge is 0.215 e. The van der Waals surface area contributed by atoms with Gasteiger partial charge in [0.25, 0.3) is 0 Å². The summed E-state index contributed by atoms with van der Waals surface area (Å²) in [6.45, 7) is 3.13. The Morgan fingerprint density at radius 3 is 2.81 bits per heavy atom. The van der Waals surface area contributed by atoms with E-state index in [9.17, 15) is 0 Å². The highest BCUT2D eigenvalue weighted by Gasteiger charge is 2.33. The molecule has 0 aliphatic carbocycles. The number of methoxy groups -OCH3 is 1. The van der Waals surface area contributed by atoms with E-state index in [1.54, 1.807) is 7.11 Å². The van der Waals surface area contributed by atoms with Crippen LogP contribution in [0.3, 0.4) is 0 Å². The number of rotatable bonds is 4. The minimum atomic E-state index is 0.448. The molecule has 112 valence electrons. The first-order chi connectivity index (χ1) is 10.2. The summed E-state index contributed by atoms with van der Waals surface area (Å²) in [5.74, 6) is 1.37. The molecule has 0 saturated carbocycles. The van der Waals surface area contributed by atoms with E-state index in [0.29, 0.717) is 12.0 Å². The maximum atomic E-state index is 5.58. The Labute approximate surface area is 126 Å². The van der Waals surface area contributed by atoms with E-state index in [0.717, 1.165) is 31.0 Å². The molecular formula is C17H23N3O. The van der Waals surface area contributed by atoms with Gasteiger partial charge in [-0.1, -0.05) is 30.3 Å². The van der Waals surface area contributed by atoms with E-state index in [1.807, 2.05) is 11.7 Å². The Hall–Kier alpha value is -1.81. The molecular weight excluding hydrogens is 262 g/mol. The van der Waals surface area contributed by atoms with Crippen LogP contribution in [0.1, 0.15) is 29.2 Å². The number of aromatic nitrogens is 2. The molecule has 4 nitrogen and oxygen atoms in total. The average Bonchev–Trinajstić information content (AvgIpc) is 3.03. The lowest BCUT2D eigenvalue weighted by molar-refractivity contribution is 0.364. The van der Waals surface area contributed by atoms with Gasteiger partial charge in [0.15, 0.2) is 0 Å². The van der Waals surface area contributed by atoms with Crippen LogP contribution in [0.5, 0.6) is 5.88 Å². The monoisotopic (exact) mass is 285 g/mol. The molecule has 2 heterocycles. The second-order valence-electron chi connectivity index (χ2n) is 5.78. The molecule has 1 fully saturated rings. The highest BCUT2D eigenvalue weighted by Crippen LogP contribution is 2.37. The van der Waals surface area contributed by atoms with Gasteiger partial charge >= 0.3 is 0 Å². The summed E-state index contributed by atoms with van der Waals surface area (Å²) in [5, 5.41) is 8.18. The Bertz CT molecular complexity index is 606. The van der Waals surface area contributed by atoms with Gasteiger partial charge in [0.05, 0.1) is 12.8 Å². The van der Waals surface area contributed by atoms with Crippen molar-refractivity contribution in [2.45, 2.75) is 31.7 Å². The highest BCUT2D eigenvalue weighted by molar-refractivity contribution is 5.37. The predicted octanol–water partition coefficient (Wildman–Crippen LogP) is 2.43. The lowest BCUT2D eigenvalue weighted by Gasteiger charge is -2.20. The molecule has 0 spiro atoms. The van der Waals surface area contributed by atoms with Crippen LogP contribution in [-0.4, -0.2) is 29.5 Å². The van der Waals surface area contributed by atoms with Crippen molar-refractivity contribution >= 4 is 0 Å². The number of nitrogens with zero attached hydrogens (tertiary/aromatic N) is 2. The summed E-state index contributed by atoms with van der Waals surface area (Å²) in [6, 6.07) is 11.1. The van der Waals surface area contributed by atoms with Gasteiger partial charge in [-0.25, -0.2) is 4.68 Å². The quantitative estimate of drug-likeness (QED) is 0.937. The second kappa shape index (κ2) is 5.90. The number of ether oxygens (including phenoxy) is 1. The minimum absolute atomic E-state index is 0.448. The summed E-state index contributed by atoms with van der Waals surface area (Å²) in [6.07, 6.45) is 2.18. The fraction of sp³-hybridized carbons (Fsp3) is 0.471. The average molecular weight is 285 g/mol. The molecule has 0 amide bonds. The van der Waals surface area contributed by atoms with Crippen molar-refractivity contribution in [1.29, 1.82) is 0 Å². The first-order valence-corrected chi connectivity index (χ1v) is 7.55. The van der Waals surface area contributed by atoms with E-state index in [2.05, 4.69) is 47.7 Å². The Morgan fingerprint density at radius 2 is 2.10 bits per heavy atom. The van der Waals surface area contributed by atoms with Crippen molar-refractivity contribution in [3.05, 3.63) is 47.2 Å². The molecule has 1 aliphatic rings. The Balaban J connectivity index is 1.87. The van der Waals surface area contributed by atoms with Gasteiger partial charge in [-0.2, -0.15) is 5.10 Å². The summed E-state index contributed by atoms with van der Waals surface area (Å²) >= 11 is 0. The Kier molecular flexibility index (Phi) is 3.97. The summed E-state index contributed by atoms with van der Waals surface area (Å²) in [4.78, 5) is 0. The van der Waals surface area contributed by atoms with Crippen LogP contribution in [0, 0.1) is 6.92 Å². The van der Waals surface area contributed by atoms with E-state index >= 15 is 0 Å². The fourth-order valence-corrected chi connectivity index (χ4v) is 3.52.